The summed E-state index contributed by atoms with van der Waals surface area (Å²) in [5, 5.41) is 2.91. The van der Waals surface area contributed by atoms with Crippen LogP contribution in [0, 0.1) is 27.7 Å². The Hall–Kier alpha value is -2.29. The molecule has 0 unspecified atom stereocenters. The Labute approximate surface area is 132 Å². The van der Waals surface area contributed by atoms with Crippen molar-refractivity contribution >= 4 is 11.6 Å². The van der Waals surface area contributed by atoms with Crippen LogP contribution in [0.4, 0.5) is 5.69 Å². The largest absolute Gasteiger partial charge is 0.481 e. The molecular formula is C19H23NO2. The number of ether oxygens (including phenoxy) is 1. The van der Waals surface area contributed by atoms with E-state index >= 15 is 0 Å². The van der Waals surface area contributed by atoms with E-state index in [0.717, 1.165) is 33.7 Å². The zero-order valence-corrected chi connectivity index (χ0v) is 13.9. The minimum atomic E-state index is -0.554. The Morgan fingerprint density at radius 3 is 1.82 bits per heavy atom. The van der Waals surface area contributed by atoms with E-state index in [9.17, 15) is 4.79 Å². The van der Waals surface area contributed by atoms with Crippen molar-refractivity contribution in [1.82, 2.24) is 0 Å². The van der Waals surface area contributed by atoms with Crippen molar-refractivity contribution in [3.63, 3.8) is 0 Å². The van der Waals surface area contributed by atoms with Crippen molar-refractivity contribution in [2.45, 2.75) is 40.7 Å². The first kappa shape index (κ1) is 16.1. The van der Waals surface area contributed by atoms with Gasteiger partial charge in [-0.2, -0.15) is 0 Å². The van der Waals surface area contributed by atoms with Crippen LogP contribution < -0.4 is 10.1 Å². The molecule has 2 aromatic carbocycles. The maximum Gasteiger partial charge on any atom is 0.265 e. The number of aryl methyl sites for hydroxylation is 4. The van der Waals surface area contributed by atoms with Gasteiger partial charge in [0.2, 0.25) is 0 Å². The molecular weight excluding hydrogens is 274 g/mol. The normalized spacial score (nSPS) is 11.9. The summed E-state index contributed by atoms with van der Waals surface area (Å²) in [6.45, 7) is 9.81. The van der Waals surface area contributed by atoms with E-state index in [1.165, 1.54) is 0 Å². The molecule has 1 N–H and O–H groups in total. The lowest BCUT2D eigenvalue weighted by molar-refractivity contribution is -0.122. The van der Waals surface area contributed by atoms with Crippen LogP contribution in [0.2, 0.25) is 0 Å². The molecule has 0 radical (unpaired) electrons. The van der Waals surface area contributed by atoms with Crippen molar-refractivity contribution in [3.05, 3.63) is 58.7 Å². The summed E-state index contributed by atoms with van der Waals surface area (Å²) < 4.78 is 5.76. The van der Waals surface area contributed by atoms with Gasteiger partial charge in [-0.25, -0.2) is 0 Å². The SMILES string of the molecule is Cc1cc(C)cc(NC(=O)[C@@H](C)Oc2cc(C)cc(C)c2)c1. The van der Waals surface area contributed by atoms with Gasteiger partial charge in [0.1, 0.15) is 5.75 Å². The van der Waals surface area contributed by atoms with Gasteiger partial charge < -0.3 is 10.1 Å². The Balaban J connectivity index is 2.05. The smallest absolute Gasteiger partial charge is 0.265 e. The molecule has 3 heteroatoms. The average molecular weight is 297 g/mol. The van der Waals surface area contributed by atoms with Gasteiger partial charge in [-0.05, 0) is 81.1 Å². The van der Waals surface area contributed by atoms with Crippen LogP contribution in [0.15, 0.2) is 36.4 Å². The molecule has 116 valence electrons. The van der Waals surface area contributed by atoms with Crippen molar-refractivity contribution < 1.29 is 9.53 Å². The van der Waals surface area contributed by atoms with Crippen LogP contribution in [0.25, 0.3) is 0 Å². The van der Waals surface area contributed by atoms with E-state index in [-0.39, 0.29) is 5.91 Å². The molecule has 2 rings (SSSR count). The Bertz CT molecular complexity index is 651. The maximum absolute atomic E-state index is 12.3. The van der Waals surface area contributed by atoms with Crippen LogP contribution in [0.1, 0.15) is 29.2 Å². The maximum atomic E-state index is 12.3. The summed E-state index contributed by atoms with van der Waals surface area (Å²) in [7, 11) is 0. The minimum absolute atomic E-state index is 0.149. The highest BCUT2D eigenvalue weighted by molar-refractivity contribution is 5.94. The third-order valence-corrected chi connectivity index (χ3v) is 3.37. The van der Waals surface area contributed by atoms with Crippen LogP contribution in [0.5, 0.6) is 5.75 Å². The molecule has 0 aliphatic carbocycles. The van der Waals surface area contributed by atoms with Gasteiger partial charge in [0.05, 0.1) is 0 Å². The number of amides is 1. The molecule has 0 spiro atoms. The van der Waals surface area contributed by atoms with Gasteiger partial charge in [0, 0.05) is 5.69 Å². The first-order chi connectivity index (χ1) is 10.3. The number of hydrogen-bond acceptors (Lipinski definition) is 2. The van der Waals surface area contributed by atoms with Crippen molar-refractivity contribution in [1.29, 1.82) is 0 Å². The van der Waals surface area contributed by atoms with Gasteiger partial charge in [0.15, 0.2) is 6.10 Å². The number of rotatable bonds is 4. The summed E-state index contributed by atoms with van der Waals surface area (Å²) in [5.74, 6) is 0.574. The number of nitrogens with one attached hydrogen (secondary N) is 1. The van der Waals surface area contributed by atoms with Gasteiger partial charge in [-0.15, -0.1) is 0 Å². The molecule has 22 heavy (non-hydrogen) atoms. The fourth-order valence-electron chi connectivity index (χ4n) is 2.55. The zero-order valence-electron chi connectivity index (χ0n) is 13.9. The fraction of sp³-hybridized carbons (Fsp3) is 0.316. The van der Waals surface area contributed by atoms with Crippen LogP contribution in [-0.4, -0.2) is 12.0 Å². The molecule has 0 heterocycles. The summed E-state index contributed by atoms with van der Waals surface area (Å²) in [6, 6.07) is 11.9. The van der Waals surface area contributed by atoms with Crippen molar-refractivity contribution in [2.24, 2.45) is 0 Å². The summed E-state index contributed by atoms with van der Waals surface area (Å²) >= 11 is 0. The van der Waals surface area contributed by atoms with E-state index in [0.29, 0.717) is 0 Å². The Morgan fingerprint density at radius 1 is 0.864 bits per heavy atom. The van der Waals surface area contributed by atoms with Crippen LogP contribution >= 0.6 is 0 Å². The monoisotopic (exact) mass is 297 g/mol. The molecule has 0 aliphatic heterocycles. The number of anilines is 1. The van der Waals surface area contributed by atoms with E-state index in [1.807, 2.05) is 52.0 Å². The molecule has 3 nitrogen and oxygen atoms in total. The Morgan fingerprint density at radius 2 is 1.32 bits per heavy atom. The van der Waals surface area contributed by atoms with Gasteiger partial charge >= 0.3 is 0 Å². The van der Waals surface area contributed by atoms with Gasteiger partial charge in [0.25, 0.3) is 5.91 Å². The second kappa shape index (κ2) is 6.65. The summed E-state index contributed by atoms with van der Waals surface area (Å²) in [5.41, 5.74) is 5.29. The minimum Gasteiger partial charge on any atom is -0.481 e. The number of benzene rings is 2. The van der Waals surface area contributed by atoms with Crippen molar-refractivity contribution in [3.8, 4) is 5.75 Å². The number of carbonyl (C=O) groups is 1. The standard InChI is InChI=1S/C19H23NO2/c1-12-6-13(2)9-17(8-12)20-19(21)16(5)22-18-10-14(3)7-15(4)11-18/h6-11,16H,1-5H3,(H,20,21)/t16-/m1/s1. The van der Waals surface area contributed by atoms with Crippen LogP contribution in [-0.2, 0) is 4.79 Å². The van der Waals surface area contributed by atoms with E-state index in [2.05, 4.69) is 17.4 Å². The van der Waals surface area contributed by atoms with Gasteiger partial charge in [-0.1, -0.05) is 12.1 Å². The third kappa shape index (κ3) is 4.35. The lowest BCUT2D eigenvalue weighted by Gasteiger charge is -2.16. The molecule has 0 aliphatic rings. The molecule has 0 aromatic heterocycles. The zero-order chi connectivity index (χ0) is 16.3. The molecule has 2 aromatic rings. The highest BCUT2D eigenvalue weighted by atomic mass is 16.5. The lowest BCUT2D eigenvalue weighted by atomic mass is 10.1. The summed E-state index contributed by atoms with van der Waals surface area (Å²) in [4.78, 5) is 12.3. The third-order valence-electron chi connectivity index (χ3n) is 3.37. The van der Waals surface area contributed by atoms with Gasteiger partial charge in [-0.3, -0.25) is 4.79 Å². The molecule has 0 fully saturated rings. The lowest BCUT2D eigenvalue weighted by Crippen LogP contribution is -2.30. The predicted octanol–water partition coefficient (Wildman–Crippen LogP) is 4.33. The molecule has 1 amide bonds. The Kier molecular flexibility index (Phi) is 4.86. The first-order valence-electron chi connectivity index (χ1n) is 7.47. The number of hydrogen-bond donors (Lipinski definition) is 1. The average Bonchev–Trinajstić information content (AvgIpc) is 2.35. The predicted molar refractivity (Wildman–Crippen MR) is 90.6 cm³/mol. The highest BCUT2D eigenvalue weighted by Gasteiger charge is 2.15. The fourth-order valence-corrected chi connectivity index (χ4v) is 2.55. The number of carbonyl (C=O) groups excluding carboxylic acids is 1. The second-order valence-corrected chi connectivity index (χ2v) is 5.95. The molecule has 1 atom stereocenters. The quantitative estimate of drug-likeness (QED) is 0.912. The molecule has 0 saturated carbocycles. The van der Waals surface area contributed by atoms with Crippen molar-refractivity contribution in [2.75, 3.05) is 5.32 Å². The highest BCUT2D eigenvalue weighted by Crippen LogP contribution is 2.19. The topological polar surface area (TPSA) is 38.3 Å². The van der Waals surface area contributed by atoms with E-state index in [1.54, 1.807) is 6.92 Å². The van der Waals surface area contributed by atoms with E-state index in [4.69, 9.17) is 4.74 Å². The summed E-state index contributed by atoms with van der Waals surface area (Å²) in [6.07, 6.45) is -0.554. The first-order valence-corrected chi connectivity index (χ1v) is 7.47. The van der Waals surface area contributed by atoms with Crippen LogP contribution in [0.3, 0.4) is 0 Å². The molecule has 0 bridgehead atoms. The van der Waals surface area contributed by atoms with E-state index < -0.39 is 6.10 Å². The second-order valence-electron chi connectivity index (χ2n) is 5.95. The molecule has 0 saturated heterocycles.